The van der Waals surface area contributed by atoms with Crippen molar-refractivity contribution in [2.45, 2.75) is 31.7 Å². The molecule has 2 heterocycles. The van der Waals surface area contributed by atoms with Crippen LogP contribution >= 0.6 is 23.2 Å². The van der Waals surface area contributed by atoms with E-state index >= 15 is 0 Å². The molecule has 0 saturated carbocycles. The van der Waals surface area contributed by atoms with Crippen molar-refractivity contribution in [1.29, 1.82) is 0 Å². The van der Waals surface area contributed by atoms with E-state index in [2.05, 4.69) is 11.2 Å². The number of piperazine rings is 1. The molecule has 0 unspecified atom stereocenters. The molecule has 0 aliphatic carbocycles. The van der Waals surface area contributed by atoms with Gasteiger partial charge in [-0.1, -0.05) is 89.8 Å². The highest BCUT2D eigenvalue weighted by atomic mass is 35.5. The van der Waals surface area contributed by atoms with E-state index in [4.69, 9.17) is 39.5 Å². The number of nitrogens with one attached hydrogen (secondary N) is 1. The molecule has 2 aliphatic heterocycles. The van der Waals surface area contributed by atoms with Gasteiger partial charge >= 0.3 is 6.03 Å². The van der Waals surface area contributed by atoms with E-state index < -0.39 is 18.2 Å². The number of aliphatic hydroxyl groups excluding tert-OH is 1. The van der Waals surface area contributed by atoms with Crippen molar-refractivity contribution in [2.24, 2.45) is 0 Å². The molecule has 2 aliphatic rings. The molecule has 4 aromatic carbocycles. The Kier molecular flexibility index (Phi) is 10.6. The molecule has 4 aromatic rings. The van der Waals surface area contributed by atoms with E-state index in [0.29, 0.717) is 22.3 Å². The maximum absolute atomic E-state index is 14.3. The minimum Gasteiger partial charge on any atom is -0.491 e. The molecular formula is C37H35Cl2N5O5. The Balaban J connectivity index is 1.30. The maximum Gasteiger partial charge on any atom is 0.333 e. The number of carbonyl (C=O) groups excluding carboxylic acids is 3. The van der Waals surface area contributed by atoms with E-state index in [0.717, 1.165) is 27.5 Å². The number of halogens is 2. The summed E-state index contributed by atoms with van der Waals surface area (Å²) in [5.74, 6) is 2.67. The van der Waals surface area contributed by atoms with Crippen LogP contribution in [0.5, 0.6) is 5.75 Å². The third kappa shape index (κ3) is 7.46. The number of aliphatic hydroxyl groups is 1. The summed E-state index contributed by atoms with van der Waals surface area (Å²) in [6.07, 6.45) is 5.34. The Morgan fingerprint density at radius 3 is 2.51 bits per heavy atom. The van der Waals surface area contributed by atoms with Crippen molar-refractivity contribution in [1.82, 2.24) is 25.1 Å². The Labute approximate surface area is 294 Å². The minimum absolute atomic E-state index is 0.0952. The molecule has 10 nitrogen and oxygen atoms in total. The van der Waals surface area contributed by atoms with Gasteiger partial charge in [-0.15, -0.1) is 6.42 Å². The van der Waals surface area contributed by atoms with Crippen LogP contribution in [0, 0.1) is 12.3 Å². The largest absolute Gasteiger partial charge is 0.491 e. The van der Waals surface area contributed by atoms with Gasteiger partial charge in [0.2, 0.25) is 11.8 Å². The summed E-state index contributed by atoms with van der Waals surface area (Å²) in [5, 5.41) is 17.9. The van der Waals surface area contributed by atoms with E-state index in [1.54, 1.807) is 45.1 Å². The number of hydrogen-bond acceptors (Lipinski definition) is 6. The average Bonchev–Trinajstić information content (AvgIpc) is 3.43. The van der Waals surface area contributed by atoms with Crippen molar-refractivity contribution in [3.8, 4) is 18.1 Å². The summed E-state index contributed by atoms with van der Waals surface area (Å²) in [5.41, 5.74) is 2.53. The third-order valence-corrected chi connectivity index (χ3v) is 9.47. The lowest BCUT2D eigenvalue weighted by Gasteiger charge is -2.46. The number of hydrazine groups is 1. The third-order valence-electron chi connectivity index (χ3n) is 8.73. The molecule has 0 spiro atoms. The normalized spacial score (nSPS) is 17.6. The fraction of sp³-hybridized carbons (Fsp3) is 0.270. The van der Waals surface area contributed by atoms with E-state index in [1.807, 2.05) is 54.6 Å². The summed E-state index contributed by atoms with van der Waals surface area (Å²) in [6, 6.07) is 25.0. The average molecular weight is 701 g/mol. The Bertz CT molecular complexity index is 1890. The van der Waals surface area contributed by atoms with Crippen LogP contribution in [0.15, 0.2) is 84.9 Å². The van der Waals surface area contributed by atoms with Crippen LogP contribution in [0.3, 0.4) is 0 Å². The van der Waals surface area contributed by atoms with Crippen LogP contribution in [-0.2, 0) is 29.1 Å². The Hall–Kier alpha value is -4.79. The first-order valence-corrected chi connectivity index (χ1v) is 16.6. The molecule has 12 heteroatoms. The van der Waals surface area contributed by atoms with E-state index in [-0.39, 0.29) is 57.6 Å². The monoisotopic (exact) mass is 699 g/mol. The van der Waals surface area contributed by atoms with E-state index in [1.165, 1.54) is 5.01 Å². The molecule has 2 saturated heterocycles. The number of benzene rings is 4. The van der Waals surface area contributed by atoms with Crippen LogP contribution < -0.4 is 10.1 Å². The number of terminal acetylenes is 1. The molecule has 49 heavy (non-hydrogen) atoms. The second-order valence-corrected chi connectivity index (χ2v) is 12.7. The molecule has 2 atom stereocenters. The van der Waals surface area contributed by atoms with Gasteiger partial charge in [-0.25, -0.2) is 9.80 Å². The first-order chi connectivity index (χ1) is 23.8. The van der Waals surface area contributed by atoms with Crippen LogP contribution in [0.25, 0.3) is 10.8 Å². The SMILES string of the molecule is C#CCN(C(=O)NCc1ccc(Cl)c(Cl)c1)N1CC(=O)N2[C@@H](Cc3ccc(OCCO)cc3)C(=O)N(Cc3cccc4ccccc34)C[C@@H]21. The fourth-order valence-electron chi connectivity index (χ4n) is 6.42. The van der Waals surface area contributed by atoms with Crippen LogP contribution in [0.4, 0.5) is 4.79 Å². The number of rotatable bonds is 11. The number of hydrogen-bond donors (Lipinski definition) is 2. The van der Waals surface area contributed by atoms with E-state index in [9.17, 15) is 14.4 Å². The Morgan fingerprint density at radius 1 is 1.00 bits per heavy atom. The summed E-state index contributed by atoms with van der Waals surface area (Å²) < 4.78 is 5.50. The highest BCUT2D eigenvalue weighted by molar-refractivity contribution is 6.42. The van der Waals surface area contributed by atoms with Crippen molar-refractivity contribution in [3.05, 3.63) is 112 Å². The van der Waals surface area contributed by atoms with Crippen LogP contribution in [0.1, 0.15) is 16.7 Å². The second-order valence-electron chi connectivity index (χ2n) is 11.8. The summed E-state index contributed by atoms with van der Waals surface area (Å²) >= 11 is 12.2. The van der Waals surface area contributed by atoms with Crippen molar-refractivity contribution in [3.63, 3.8) is 0 Å². The first-order valence-electron chi connectivity index (χ1n) is 15.9. The molecule has 6 rings (SSSR count). The lowest BCUT2D eigenvalue weighted by molar-refractivity contribution is -0.157. The highest BCUT2D eigenvalue weighted by Gasteiger charge is 2.52. The van der Waals surface area contributed by atoms with Gasteiger partial charge in [-0.3, -0.25) is 9.59 Å². The van der Waals surface area contributed by atoms with Gasteiger partial charge in [0.1, 0.15) is 24.6 Å². The number of carbonyl (C=O) groups is 3. The second kappa shape index (κ2) is 15.2. The number of ether oxygens (including phenoxy) is 1. The van der Waals surface area contributed by atoms with Gasteiger partial charge in [-0.2, -0.15) is 5.01 Å². The number of fused-ring (bicyclic) bond motifs is 2. The summed E-state index contributed by atoms with van der Waals surface area (Å²) in [4.78, 5) is 45.1. The molecule has 2 fully saturated rings. The van der Waals surface area contributed by atoms with Crippen LogP contribution in [0.2, 0.25) is 10.0 Å². The van der Waals surface area contributed by atoms with Gasteiger partial charge in [0.25, 0.3) is 0 Å². The van der Waals surface area contributed by atoms with Gasteiger partial charge in [0.05, 0.1) is 36.3 Å². The van der Waals surface area contributed by atoms with Gasteiger partial charge in [0.15, 0.2) is 0 Å². The highest BCUT2D eigenvalue weighted by Crippen LogP contribution is 2.32. The molecule has 0 radical (unpaired) electrons. The topological polar surface area (TPSA) is 106 Å². The molecule has 0 bridgehead atoms. The number of nitrogens with zero attached hydrogens (tertiary/aromatic N) is 4. The lowest BCUT2D eigenvalue weighted by Crippen LogP contribution is -2.66. The summed E-state index contributed by atoms with van der Waals surface area (Å²) in [6.45, 7) is 0.464. The molecular weight excluding hydrogens is 665 g/mol. The fourth-order valence-corrected chi connectivity index (χ4v) is 6.74. The van der Waals surface area contributed by atoms with Gasteiger partial charge in [-0.05, 0) is 51.7 Å². The van der Waals surface area contributed by atoms with Crippen molar-refractivity contribution >= 4 is 51.8 Å². The van der Waals surface area contributed by atoms with Crippen LogP contribution in [-0.4, -0.2) is 87.8 Å². The molecule has 2 N–H and O–H groups in total. The zero-order valence-electron chi connectivity index (χ0n) is 26.6. The number of amides is 4. The summed E-state index contributed by atoms with van der Waals surface area (Å²) in [7, 11) is 0. The number of urea groups is 1. The Morgan fingerprint density at radius 2 is 1.76 bits per heavy atom. The van der Waals surface area contributed by atoms with Crippen molar-refractivity contribution in [2.75, 3.05) is 32.8 Å². The minimum atomic E-state index is -0.831. The lowest BCUT2D eigenvalue weighted by atomic mass is 9.99. The predicted molar refractivity (Wildman–Crippen MR) is 187 cm³/mol. The molecule has 252 valence electrons. The standard InChI is InChI=1S/C37H35Cl2N5O5/c1-2-16-42(37(48)40-21-26-12-15-31(38)32(39)19-26)43-24-35(46)44-33(20-25-10-13-29(14-11-25)49-18-17-45)36(47)41(23-34(43)44)22-28-8-5-7-27-6-3-4-9-30(27)28/h1,3-15,19,33-34,45H,16-18,20-24H2,(H,40,48)/t33-,34+/m0/s1. The van der Waals surface area contributed by atoms with Gasteiger partial charge in [0, 0.05) is 19.5 Å². The zero-order valence-corrected chi connectivity index (χ0v) is 28.1. The first kappa shape index (κ1) is 34.1. The molecule has 4 amide bonds. The molecule has 0 aromatic heterocycles. The van der Waals surface area contributed by atoms with Gasteiger partial charge < -0.3 is 25.0 Å². The predicted octanol–water partition coefficient (Wildman–Crippen LogP) is 4.70. The smallest absolute Gasteiger partial charge is 0.333 e. The quantitative estimate of drug-likeness (QED) is 0.220. The maximum atomic E-state index is 14.3. The van der Waals surface area contributed by atoms with Crippen molar-refractivity contribution < 1.29 is 24.2 Å². The zero-order chi connectivity index (χ0) is 34.5.